The summed E-state index contributed by atoms with van der Waals surface area (Å²) in [5, 5.41) is 9.25. The molecule has 0 aromatic heterocycles. The standard InChI is InChI=1S/C13H19BrO4/c1-3-16-13(17-4-2)9-18-12-6-5-11(14)7-10(12)8-15/h5-7,13,15H,3-4,8-9H2,1-2H3. The number of hydrogen-bond acceptors (Lipinski definition) is 4. The van der Waals surface area contributed by atoms with E-state index in [1.54, 1.807) is 0 Å². The molecule has 5 heteroatoms. The van der Waals surface area contributed by atoms with Crippen LogP contribution in [0, 0.1) is 0 Å². The Labute approximate surface area is 116 Å². The molecule has 0 saturated heterocycles. The van der Waals surface area contributed by atoms with Crippen molar-refractivity contribution in [1.29, 1.82) is 0 Å². The average molecular weight is 319 g/mol. The lowest BCUT2D eigenvalue weighted by atomic mass is 10.2. The van der Waals surface area contributed by atoms with E-state index in [9.17, 15) is 5.11 Å². The molecule has 102 valence electrons. The highest BCUT2D eigenvalue weighted by Crippen LogP contribution is 2.23. The number of benzene rings is 1. The van der Waals surface area contributed by atoms with Gasteiger partial charge in [-0.1, -0.05) is 15.9 Å². The van der Waals surface area contributed by atoms with E-state index < -0.39 is 0 Å². The smallest absolute Gasteiger partial charge is 0.191 e. The van der Waals surface area contributed by atoms with Gasteiger partial charge in [0.25, 0.3) is 0 Å². The van der Waals surface area contributed by atoms with Crippen LogP contribution in [0.3, 0.4) is 0 Å². The molecular formula is C13H19BrO4. The van der Waals surface area contributed by atoms with Crippen molar-refractivity contribution in [2.45, 2.75) is 26.7 Å². The van der Waals surface area contributed by atoms with Gasteiger partial charge in [-0.25, -0.2) is 0 Å². The van der Waals surface area contributed by atoms with Crippen LogP contribution >= 0.6 is 15.9 Å². The SMILES string of the molecule is CCOC(COc1ccc(Br)cc1CO)OCC. The van der Waals surface area contributed by atoms with Crippen molar-refractivity contribution >= 4 is 15.9 Å². The molecule has 4 nitrogen and oxygen atoms in total. The molecule has 18 heavy (non-hydrogen) atoms. The number of hydrogen-bond donors (Lipinski definition) is 1. The van der Waals surface area contributed by atoms with Gasteiger partial charge in [-0.05, 0) is 32.0 Å². The molecule has 0 unspecified atom stereocenters. The largest absolute Gasteiger partial charge is 0.488 e. The number of aliphatic hydroxyl groups excluding tert-OH is 1. The molecular weight excluding hydrogens is 300 g/mol. The minimum absolute atomic E-state index is 0.0668. The Morgan fingerprint density at radius 2 is 1.89 bits per heavy atom. The summed E-state index contributed by atoms with van der Waals surface area (Å²) in [4.78, 5) is 0. The summed E-state index contributed by atoms with van der Waals surface area (Å²) in [6.07, 6.45) is -0.379. The summed E-state index contributed by atoms with van der Waals surface area (Å²) < 4.78 is 17.3. The van der Waals surface area contributed by atoms with Gasteiger partial charge in [0, 0.05) is 23.2 Å². The van der Waals surface area contributed by atoms with E-state index in [0.29, 0.717) is 25.6 Å². The van der Waals surface area contributed by atoms with E-state index in [2.05, 4.69) is 15.9 Å². The lowest BCUT2D eigenvalue weighted by Crippen LogP contribution is -2.25. The topological polar surface area (TPSA) is 47.9 Å². The van der Waals surface area contributed by atoms with E-state index in [1.165, 1.54) is 0 Å². The first kappa shape index (κ1) is 15.4. The van der Waals surface area contributed by atoms with Crippen molar-refractivity contribution in [3.05, 3.63) is 28.2 Å². The van der Waals surface area contributed by atoms with Gasteiger partial charge < -0.3 is 19.3 Å². The summed E-state index contributed by atoms with van der Waals surface area (Å²) in [6, 6.07) is 5.50. The molecule has 0 spiro atoms. The molecule has 0 atom stereocenters. The van der Waals surface area contributed by atoms with E-state index in [4.69, 9.17) is 14.2 Å². The van der Waals surface area contributed by atoms with E-state index >= 15 is 0 Å². The van der Waals surface area contributed by atoms with Crippen LogP contribution in [-0.2, 0) is 16.1 Å². The third-order valence-electron chi connectivity index (χ3n) is 2.27. The van der Waals surface area contributed by atoms with Crippen LogP contribution < -0.4 is 4.74 Å². The highest BCUT2D eigenvalue weighted by Gasteiger charge is 2.11. The maximum absolute atomic E-state index is 9.25. The Morgan fingerprint density at radius 3 is 2.44 bits per heavy atom. The number of halogens is 1. The van der Waals surface area contributed by atoms with Crippen molar-refractivity contribution in [3.8, 4) is 5.75 Å². The Morgan fingerprint density at radius 1 is 1.22 bits per heavy atom. The predicted molar refractivity (Wildman–Crippen MR) is 72.6 cm³/mol. The lowest BCUT2D eigenvalue weighted by molar-refractivity contribution is -0.152. The molecule has 0 aliphatic carbocycles. The quantitative estimate of drug-likeness (QED) is 0.749. The Kier molecular flexibility index (Phi) is 7.27. The zero-order valence-electron chi connectivity index (χ0n) is 10.7. The molecule has 0 radical (unpaired) electrons. The first-order chi connectivity index (χ1) is 8.71. The van der Waals surface area contributed by atoms with Crippen LogP contribution in [0.5, 0.6) is 5.75 Å². The van der Waals surface area contributed by atoms with E-state index in [-0.39, 0.29) is 12.9 Å². The van der Waals surface area contributed by atoms with Crippen molar-refractivity contribution in [1.82, 2.24) is 0 Å². The fourth-order valence-electron chi connectivity index (χ4n) is 1.49. The number of rotatable bonds is 8. The Bertz CT molecular complexity index is 351. The van der Waals surface area contributed by atoms with Crippen LogP contribution in [0.25, 0.3) is 0 Å². The molecule has 1 rings (SSSR count). The van der Waals surface area contributed by atoms with Crippen molar-refractivity contribution in [2.75, 3.05) is 19.8 Å². The fourth-order valence-corrected chi connectivity index (χ4v) is 1.89. The zero-order valence-corrected chi connectivity index (χ0v) is 12.3. The predicted octanol–water partition coefficient (Wildman–Crippen LogP) is 2.72. The first-order valence-corrected chi connectivity index (χ1v) is 6.75. The minimum atomic E-state index is -0.379. The molecule has 1 N–H and O–H groups in total. The number of ether oxygens (including phenoxy) is 3. The van der Waals surface area contributed by atoms with Crippen molar-refractivity contribution in [3.63, 3.8) is 0 Å². The Hall–Kier alpha value is -0.620. The van der Waals surface area contributed by atoms with Crippen LogP contribution in [0.4, 0.5) is 0 Å². The van der Waals surface area contributed by atoms with Gasteiger partial charge in [-0.2, -0.15) is 0 Å². The second-order valence-electron chi connectivity index (χ2n) is 3.56. The van der Waals surface area contributed by atoms with Gasteiger partial charge in [0.05, 0.1) is 6.61 Å². The summed E-state index contributed by atoms with van der Waals surface area (Å²) >= 11 is 3.35. The third kappa shape index (κ3) is 4.94. The van der Waals surface area contributed by atoms with Gasteiger partial charge in [-0.15, -0.1) is 0 Å². The molecule has 0 aliphatic rings. The molecule has 0 amide bonds. The second kappa shape index (κ2) is 8.48. The van der Waals surface area contributed by atoms with E-state index in [0.717, 1.165) is 10.0 Å². The van der Waals surface area contributed by atoms with Gasteiger partial charge >= 0.3 is 0 Å². The van der Waals surface area contributed by atoms with Gasteiger partial charge in [0.15, 0.2) is 6.29 Å². The highest BCUT2D eigenvalue weighted by molar-refractivity contribution is 9.10. The van der Waals surface area contributed by atoms with Gasteiger partial charge in [0.1, 0.15) is 12.4 Å². The monoisotopic (exact) mass is 318 g/mol. The zero-order chi connectivity index (χ0) is 13.4. The normalized spacial score (nSPS) is 10.9. The second-order valence-corrected chi connectivity index (χ2v) is 4.48. The van der Waals surface area contributed by atoms with Crippen molar-refractivity contribution < 1.29 is 19.3 Å². The first-order valence-electron chi connectivity index (χ1n) is 5.96. The van der Waals surface area contributed by atoms with Gasteiger partial charge in [0.2, 0.25) is 0 Å². The average Bonchev–Trinajstić information content (AvgIpc) is 2.37. The third-order valence-corrected chi connectivity index (χ3v) is 2.77. The summed E-state index contributed by atoms with van der Waals surface area (Å²) in [5.41, 5.74) is 0.733. The van der Waals surface area contributed by atoms with Gasteiger partial charge in [-0.3, -0.25) is 0 Å². The Balaban J connectivity index is 2.60. The van der Waals surface area contributed by atoms with E-state index in [1.807, 2.05) is 32.0 Å². The maximum Gasteiger partial charge on any atom is 0.191 e. The van der Waals surface area contributed by atoms with Crippen LogP contribution in [0.15, 0.2) is 22.7 Å². The highest BCUT2D eigenvalue weighted by atomic mass is 79.9. The van der Waals surface area contributed by atoms with Crippen LogP contribution in [0.2, 0.25) is 0 Å². The summed E-state index contributed by atoms with van der Waals surface area (Å²) in [6.45, 7) is 5.19. The fraction of sp³-hybridized carbons (Fsp3) is 0.538. The summed E-state index contributed by atoms with van der Waals surface area (Å²) in [5.74, 6) is 0.644. The van der Waals surface area contributed by atoms with Crippen LogP contribution in [0.1, 0.15) is 19.4 Å². The molecule has 0 bridgehead atoms. The molecule has 0 aliphatic heterocycles. The summed E-state index contributed by atoms with van der Waals surface area (Å²) in [7, 11) is 0. The molecule has 0 heterocycles. The van der Waals surface area contributed by atoms with Crippen LogP contribution in [-0.4, -0.2) is 31.2 Å². The number of aliphatic hydroxyl groups is 1. The minimum Gasteiger partial charge on any atom is -0.488 e. The molecule has 0 saturated carbocycles. The lowest BCUT2D eigenvalue weighted by Gasteiger charge is -2.18. The molecule has 1 aromatic carbocycles. The maximum atomic E-state index is 9.25. The molecule has 0 fully saturated rings. The van der Waals surface area contributed by atoms with Crippen molar-refractivity contribution in [2.24, 2.45) is 0 Å². The molecule has 1 aromatic rings.